The number of tetrazole rings is 1. The number of fused-ring (bicyclic) bond motifs is 2. The van der Waals surface area contributed by atoms with E-state index in [1.165, 1.54) is 18.8 Å². The van der Waals surface area contributed by atoms with Crippen LogP contribution in [0.4, 0.5) is 30.7 Å². The Morgan fingerprint density at radius 3 is 2.04 bits per heavy atom. The van der Waals surface area contributed by atoms with Crippen molar-refractivity contribution in [2.24, 2.45) is 7.05 Å². The van der Waals surface area contributed by atoms with Crippen LogP contribution in [-0.4, -0.2) is 37.3 Å². The number of nitrogens with zero attached hydrogens (tertiary/aromatic N) is 5. The molecule has 2 aliphatic rings. The number of halogens is 7. The first-order valence-corrected chi connectivity index (χ1v) is 14.5. The van der Waals surface area contributed by atoms with E-state index in [9.17, 15) is 26.3 Å². The lowest BCUT2D eigenvalue weighted by atomic mass is 9.77. The number of piperidine rings is 1. The Morgan fingerprint density at radius 1 is 0.889 bits per heavy atom. The largest absolute Gasteiger partial charge is 0.416 e. The van der Waals surface area contributed by atoms with Crippen LogP contribution < -0.4 is 0 Å². The fourth-order valence-corrected chi connectivity index (χ4v) is 6.98. The molecule has 4 aromatic rings. The molecule has 0 amide bonds. The van der Waals surface area contributed by atoms with Crippen molar-refractivity contribution in [2.45, 2.75) is 74.5 Å². The van der Waals surface area contributed by atoms with Crippen molar-refractivity contribution >= 4 is 0 Å². The molecular weight excluding hydrogens is 603 g/mol. The third-order valence-corrected chi connectivity index (χ3v) is 8.98. The van der Waals surface area contributed by atoms with Crippen LogP contribution in [0.3, 0.4) is 0 Å². The molecule has 0 saturated carbocycles. The smallest absolute Gasteiger partial charge is 0.368 e. The minimum absolute atomic E-state index is 0.0905. The first-order valence-electron chi connectivity index (χ1n) is 14.5. The maximum absolute atomic E-state index is 17.6. The monoisotopic (exact) mass is 633 g/mol. The highest BCUT2D eigenvalue weighted by Crippen LogP contribution is 2.61. The van der Waals surface area contributed by atoms with Crippen molar-refractivity contribution in [1.29, 1.82) is 0 Å². The van der Waals surface area contributed by atoms with Gasteiger partial charge in [-0.05, 0) is 59.9 Å². The van der Waals surface area contributed by atoms with E-state index < -0.39 is 52.9 Å². The molecule has 0 spiro atoms. The predicted octanol–water partition coefficient (Wildman–Crippen LogP) is 7.52. The van der Waals surface area contributed by atoms with E-state index in [1.54, 1.807) is 12.1 Å². The van der Waals surface area contributed by atoms with Crippen LogP contribution in [0.1, 0.15) is 65.9 Å². The van der Waals surface area contributed by atoms with Crippen molar-refractivity contribution < 1.29 is 35.5 Å². The zero-order chi connectivity index (χ0) is 32.2. The summed E-state index contributed by atoms with van der Waals surface area (Å²) in [6.07, 6.45) is -11.6. The summed E-state index contributed by atoms with van der Waals surface area (Å²) < 4.78 is 106. The first kappa shape index (κ1) is 31.2. The normalized spacial score (nSPS) is 26.2. The highest BCUT2D eigenvalue weighted by molar-refractivity contribution is 5.37. The Kier molecular flexibility index (Phi) is 7.75. The Hall–Kier alpha value is -3.84. The highest BCUT2D eigenvalue weighted by Gasteiger charge is 2.68. The van der Waals surface area contributed by atoms with E-state index >= 15 is 4.39 Å². The summed E-state index contributed by atoms with van der Waals surface area (Å²) in [5, 5.41) is 12.1. The van der Waals surface area contributed by atoms with Crippen LogP contribution in [0.15, 0.2) is 78.9 Å². The maximum Gasteiger partial charge on any atom is 0.416 e. The molecule has 3 heterocycles. The maximum atomic E-state index is 17.6. The number of alkyl halides is 7. The molecule has 45 heavy (non-hydrogen) atoms. The van der Waals surface area contributed by atoms with Gasteiger partial charge in [0.1, 0.15) is 0 Å². The molecule has 13 heteroatoms. The van der Waals surface area contributed by atoms with Gasteiger partial charge in [-0.2, -0.15) is 31.1 Å². The second-order valence-electron chi connectivity index (χ2n) is 11.7. The van der Waals surface area contributed by atoms with Crippen LogP contribution in [0.2, 0.25) is 0 Å². The van der Waals surface area contributed by atoms with Crippen LogP contribution >= 0.6 is 0 Å². The molecule has 0 aliphatic carbocycles. The summed E-state index contributed by atoms with van der Waals surface area (Å²) in [5.74, 6) is -0.0905. The number of aryl methyl sites for hydroxylation is 1. The summed E-state index contributed by atoms with van der Waals surface area (Å²) in [6.45, 7) is 1.71. The lowest BCUT2D eigenvalue weighted by molar-refractivity contribution is -0.144. The standard InChI is InChI=1S/C32H30F7N5O/c1-20(22-15-24(31(34,35)36)17-25(16-22)32(37,38)39)45-27-14-13-26-29(33,28-40-42-43(2)41-28)19-30(27,23-11-7-4-8-12-23)44(26)18-21-9-5-3-6-10-21/h3-12,15-17,20,26-27H,13-14,18-19H2,1-2H3/t20-,26-,27+,29-,30+/m0/s1. The van der Waals surface area contributed by atoms with Gasteiger partial charge in [0, 0.05) is 13.0 Å². The van der Waals surface area contributed by atoms with Gasteiger partial charge in [-0.1, -0.05) is 60.7 Å². The van der Waals surface area contributed by atoms with Gasteiger partial charge in [0.2, 0.25) is 5.82 Å². The first-order chi connectivity index (χ1) is 21.2. The fourth-order valence-electron chi connectivity index (χ4n) is 6.98. The lowest BCUT2D eigenvalue weighted by Gasteiger charge is -2.50. The topological polar surface area (TPSA) is 56.1 Å². The minimum atomic E-state index is -5.01. The number of hydrogen-bond acceptors (Lipinski definition) is 5. The van der Waals surface area contributed by atoms with E-state index in [2.05, 4.69) is 15.4 Å². The molecule has 0 N–H and O–H groups in total. The number of hydrogen-bond donors (Lipinski definition) is 0. The Labute approximate surface area is 254 Å². The van der Waals surface area contributed by atoms with Crippen molar-refractivity contribution in [2.75, 3.05) is 0 Å². The van der Waals surface area contributed by atoms with Crippen LogP contribution in [-0.2, 0) is 41.9 Å². The molecule has 238 valence electrons. The summed E-state index contributed by atoms with van der Waals surface area (Å²) in [7, 11) is 1.54. The SMILES string of the molecule is C[C@H](O[C@@H]1CC[C@@H]2N(Cc3ccccc3)[C@@]1(c1ccccc1)C[C@@]2(F)c1nnn(C)n1)c1cc(C(F)(F)F)cc(C(F)(F)F)c1. The van der Waals surface area contributed by atoms with E-state index in [0.29, 0.717) is 24.2 Å². The summed E-state index contributed by atoms with van der Waals surface area (Å²) >= 11 is 0. The van der Waals surface area contributed by atoms with E-state index in [1.807, 2.05) is 53.4 Å². The molecule has 1 aromatic heterocycles. The van der Waals surface area contributed by atoms with Gasteiger partial charge in [0.15, 0.2) is 5.67 Å². The number of rotatable bonds is 7. The number of ether oxygens (including phenoxy) is 1. The molecule has 6 nitrogen and oxygen atoms in total. The summed E-state index contributed by atoms with van der Waals surface area (Å²) in [6, 6.07) is 19.2. The van der Waals surface area contributed by atoms with Gasteiger partial charge in [-0.15, -0.1) is 10.2 Å². The third-order valence-electron chi connectivity index (χ3n) is 8.98. The zero-order valence-corrected chi connectivity index (χ0v) is 24.4. The van der Waals surface area contributed by atoms with Crippen LogP contribution in [0.25, 0.3) is 0 Å². The van der Waals surface area contributed by atoms with Gasteiger partial charge >= 0.3 is 12.4 Å². The Bertz CT molecular complexity index is 1610. The van der Waals surface area contributed by atoms with Gasteiger partial charge in [-0.3, -0.25) is 4.90 Å². The predicted molar refractivity (Wildman–Crippen MR) is 149 cm³/mol. The van der Waals surface area contributed by atoms with E-state index in [-0.39, 0.29) is 36.7 Å². The van der Waals surface area contributed by atoms with Crippen molar-refractivity contribution in [3.05, 3.63) is 113 Å². The summed E-state index contributed by atoms with van der Waals surface area (Å²) in [4.78, 5) is 3.18. The van der Waals surface area contributed by atoms with Crippen molar-refractivity contribution in [1.82, 2.24) is 25.1 Å². The highest BCUT2D eigenvalue weighted by atomic mass is 19.4. The van der Waals surface area contributed by atoms with Gasteiger partial charge in [0.25, 0.3) is 0 Å². The van der Waals surface area contributed by atoms with Gasteiger partial charge in [0.05, 0.1) is 42.0 Å². The molecule has 6 rings (SSSR count). The molecule has 2 aliphatic heterocycles. The Balaban J connectivity index is 1.47. The van der Waals surface area contributed by atoms with Crippen molar-refractivity contribution in [3.63, 3.8) is 0 Å². The molecule has 2 fully saturated rings. The average Bonchev–Trinajstić information content (AvgIpc) is 3.51. The molecule has 2 bridgehead atoms. The molecular formula is C32H30F7N5O. The Morgan fingerprint density at radius 2 is 1.49 bits per heavy atom. The number of benzene rings is 3. The number of aromatic nitrogens is 4. The van der Waals surface area contributed by atoms with Gasteiger partial charge in [-0.25, -0.2) is 4.39 Å². The molecule has 5 atom stereocenters. The molecule has 3 aromatic carbocycles. The zero-order valence-electron chi connectivity index (χ0n) is 24.4. The van der Waals surface area contributed by atoms with Crippen LogP contribution in [0, 0.1) is 0 Å². The minimum Gasteiger partial charge on any atom is -0.368 e. The average molecular weight is 634 g/mol. The van der Waals surface area contributed by atoms with Gasteiger partial charge < -0.3 is 4.74 Å². The van der Waals surface area contributed by atoms with E-state index in [4.69, 9.17) is 4.74 Å². The molecule has 0 unspecified atom stereocenters. The molecule has 0 radical (unpaired) electrons. The van der Waals surface area contributed by atoms with Crippen molar-refractivity contribution in [3.8, 4) is 0 Å². The van der Waals surface area contributed by atoms with E-state index in [0.717, 1.165) is 5.56 Å². The van der Waals surface area contributed by atoms with Crippen LogP contribution in [0.5, 0.6) is 0 Å². The summed E-state index contributed by atoms with van der Waals surface area (Å²) in [5.41, 5.74) is -4.81. The third kappa shape index (κ3) is 5.60. The molecule has 2 saturated heterocycles. The fraction of sp³-hybridized carbons (Fsp3) is 0.406. The quantitative estimate of drug-likeness (QED) is 0.197. The second-order valence-corrected chi connectivity index (χ2v) is 11.7. The second kappa shape index (κ2) is 11.2. The lowest BCUT2D eigenvalue weighted by Crippen LogP contribution is -2.57.